The second-order valence-corrected chi connectivity index (χ2v) is 11.2. The summed E-state index contributed by atoms with van der Waals surface area (Å²) in [4.78, 5) is 12.6. The van der Waals surface area contributed by atoms with Crippen LogP contribution in [0.3, 0.4) is 0 Å². The number of amides is 2. The summed E-state index contributed by atoms with van der Waals surface area (Å²) >= 11 is 0. The standard InChI is InChI=1S/C25H38N2O2/c1-16-6-7-22(21(8-16)24(3,4)5)29-15-26-23(28)27-17(2)25-12-18-9-19(13-25)11-20(10-18)14-25/h6-8,17-20H,9-15H2,1-5H3,(H2,26,27,28). The maximum Gasteiger partial charge on any atom is 0.317 e. The summed E-state index contributed by atoms with van der Waals surface area (Å²) in [7, 11) is 0. The van der Waals surface area contributed by atoms with E-state index in [1.807, 2.05) is 6.07 Å². The minimum absolute atomic E-state index is 0.00334. The summed E-state index contributed by atoms with van der Waals surface area (Å²) in [6.07, 6.45) is 8.19. The zero-order chi connectivity index (χ0) is 20.8. The molecule has 4 bridgehead atoms. The number of ether oxygens (including phenoxy) is 1. The number of aryl methyl sites for hydroxylation is 1. The van der Waals surface area contributed by atoms with Crippen LogP contribution >= 0.6 is 0 Å². The SMILES string of the molecule is Cc1ccc(OCNC(=O)NC(C)C23CC4CC(CC(C4)C2)C3)c(C(C)(C)C)c1. The molecule has 0 spiro atoms. The molecule has 4 nitrogen and oxygen atoms in total. The molecule has 0 radical (unpaired) electrons. The van der Waals surface area contributed by atoms with Crippen LogP contribution in [0.1, 0.15) is 77.3 Å². The van der Waals surface area contributed by atoms with Gasteiger partial charge in [0.15, 0.2) is 6.73 Å². The van der Waals surface area contributed by atoms with E-state index in [1.165, 1.54) is 49.7 Å². The van der Waals surface area contributed by atoms with Crippen molar-refractivity contribution in [3.8, 4) is 5.75 Å². The van der Waals surface area contributed by atoms with Gasteiger partial charge in [0, 0.05) is 6.04 Å². The molecule has 4 aliphatic rings. The Morgan fingerprint density at radius 1 is 1.14 bits per heavy atom. The van der Waals surface area contributed by atoms with Gasteiger partial charge >= 0.3 is 6.03 Å². The van der Waals surface area contributed by atoms with Gasteiger partial charge in [-0.05, 0) is 92.6 Å². The van der Waals surface area contributed by atoms with Crippen LogP contribution in [0.25, 0.3) is 0 Å². The van der Waals surface area contributed by atoms with Gasteiger partial charge < -0.3 is 15.4 Å². The first kappa shape index (κ1) is 20.6. The fourth-order valence-electron chi connectivity index (χ4n) is 6.64. The second kappa shape index (κ2) is 7.52. The highest BCUT2D eigenvalue weighted by molar-refractivity contribution is 5.74. The van der Waals surface area contributed by atoms with Crippen molar-refractivity contribution in [1.82, 2.24) is 10.6 Å². The molecule has 1 aromatic carbocycles. The van der Waals surface area contributed by atoms with Crippen molar-refractivity contribution in [2.45, 2.75) is 84.6 Å². The Labute approximate surface area is 176 Å². The molecule has 2 N–H and O–H groups in total. The number of hydrogen-bond acceptors (Lipinski definition) is 2. The van der Waals surface area contributed by atoms with Crippen molar-refractivity contribution in [1.29, 1.82) is 0 Å². The van der Waals surface area contributed by atoms with Crippen molar-refractivity contribution >= 4 is 6.03 Å². The molecule has 5 rings (SSSR count). The predicted octanol–water partition coefficient (Wildman–Crippen LogP) is 5.53. The Kier molecular flexibility index (Phi) is 5.33. The predicted molar refractivity (Wildman–Crippen MR) is 117 cm³/mol. The van der Waals surface area contributed by atoms with Crippen LogP contribution in [0.15, 0.2) is 18.2 Å². The van der Waals surface area contributed by atoms with Crippen LogP contribution in [-0.2, 0) is 5.41 Å². The van der Waals surface area contributed by atoms with Crippen molar-refractivity contribution in [2.75, 3.05) is 6.73 Å². The molecule has 4 fully saturated rings. The Balaban J connectivity index is 1.31. The van der Waals surface area contributed by atoms with Gasteiger partial charge in [-0.15, -0.1) is 0 Å². The molecule has 4 saturated carbocycles. The van der Waals surface area contributed by atoms with Gasteiger partial charge in [-0.2, -0.15) is 0 Å². The summed E-state index contributed by atoms with van der Waals surface area (Å²) in [5.74, 6) is 3.54. The lowest BCUT2D eigenvalue weighted by molar-refractivity contribution is -0.0682. The maximum atomic E-state index is 12.6. The first-order chi connectivity index (χ1) is 13.6. The van der Waals surface area contributed by atoms with Crippen molar-refractivity contribution in [2.24, 2.45) is 23.2 Å². The van der Waals surface area contributed by atoms with E-state index in [9.17, 15) is 4.79 Å². The van der Waals surface area contributed by atoms with Crippen LogP contribution < -0.4 is 15.4 Å². The first-order valence-electron chi connectivity index (χ1n) is 11.4. The summed E-state index contributed by atoms with van der Waals surface area (Å²) in [5.41, 5.74) is 2.71. The average molecular weight is 399 g/mol. The van der Waals surface area contributed by atoms with Crippen LogP contribution in [0, 0.1) is 30.1 Å². The summed E-state index contributed by atoms with van der Waals surface area (Å²) in [6.45, 7) is 11.0. The molecule has 1 unspecified atom stereocenters. The highest BCUT2D eigenvalue weighted by atomic mass is 16.5. The lowest BCUT2D eigenvalue weighted by Gasteiger charge is -2.59. The second-order valence-electron chi connectivity index (χ2n) is 11.2. The highest BCUT2D eigenvalue weighted by Gasteiger charge is 2.53. The number of nitrogens with one attached hydrogen (secondary N) is 2. The van der Waals surface area contributed by atoms with Crippen LogP contribution in [0.4, 0.5) is 4.79 Å². The number of benzene rings is 1. The smallest absolute Gasteiger partial charge is 0.317 e. The van der Waals surface area contributed by atoms with E-state index in [0.717, 1.165) is 23.5 Å². The van der Waals surface area contributed by atoms with Gasteiger partial charge in [0.1, 0.15) is 5.75 Å². The summed E-state index contributed by atoms with van der Waals surface area (Å²) in [6, 6.07) is 6.34. The normalized spacial score (nSPS) is 31.4. The minimum atomic E-state index is -0.113. The van der Waals surface area contributed by atoms with Crippen molar-refractivity contribution in [3.05, 3.63) is 29.3 Å². The molecule has 0 aliphatic heterocycles. The van der Waals surface area contributed by atoms with Crippen LogP contribution in [-0.4, -0.2) is 18.8 Å². The van der Waals surface area contributed by atoms with Gasteiger partial charge in [-0.25, -0.2) is 4.79 Å². The molecule has 1 aromatic rings. The lowest BCUT2D eigenvalue weighted by atomic mass is 9.48. The molecule has 2 amide bonds. The summed E-state index contributed by atoms with van der Waals surface area (Å²) < 4.78 is 5.95. The van der Waals surface area contributed by atoms with Gasteiger partial charge in [-0.3, -0.25) is 0 Å². The van der Waals surface area contributed by atoms with E-state index in [2.05, 4.69) is 57.4 Å². The number of urea groups is 1. The van der Waals surface area contributed by atoms with Gasteiger partial charge in [0.05, 0.1) is 0 Å². The third-order valence-electron chi connectivity index (χ3n) is 7.76. The zero-order valence-corrected chi connectivity index (χ0v) is 18.8. The van der Waals surface area contributed by atoms with E-state index in [4.69, 9.17) is 4.74 Å². The van der Waals surface area contributed by atoms with Gasteiger partial charge in [0.25, 0.3) is 0 Å². The van der Waals surface area contributed by atoms with E-state index >= 15 is 0 Å². The minimum Gasteiger partial charge on any atom is -0.473 e. The molecule has 0 aromatic heterocycles. The molecule has 0 saturated heterocycles. The third kappa shape index (κ3) is 4.27. The number of rotatable bonds is 5. The quantitative estimate of drug-likeness (QED) is 0.641. The molecular formula is C25H38N2O2. The Morgan fingerprint density at radius 3 is 2.28 bits per heavy atom. The lowest BCUT2D eigenvalue weighted by Crippen LogP contribution is -2.57. The number of hydrogen-bond donors (Lipinski definition) is 2. The van der Waals surface area contributed by atoms with Gasteiger partial charge in [0.2, 0.25) is 0 Å². The Morgan fingerprint density at radius 2 is 1.72 bits per heavy atom. The first-order valence-corrected chi connectivity index (χ1v) is 11.4. The molecule has 4 heteroatoms. The van der Waals surface area contributed by atoms with Crippen LogP contribution in [0.2, 0.25) is 0 Å². The van der Waals surface area contributed by atoms with Crippen LogP contribution in [0.5, 0.6) is 5.75 Å². The number of carbonyl (C=O) groups excluding carboxylic acids is 1. The Hall–Kier alpha value is -1.71. The molecular weight excluding hydrogens is 360 g/mol. The Bertz CT molecular complexity index is 729. The zero-order valence-electron chi connectivity index (χ0n) is 18.8. The maximum absolute atomic E-state index is 12.6. The highest BCUT2D eigenvalue weighted by Crippen LogP contribution is 2.61. The summed E-state index contributed by atoms with van der Waals surface area (Å²) in [5, 5.41) is 6.16. The fraction of sp³-hybridized carbons (Fsp3) is 0.720. The van der Waals surface area contributed by atoms with E-state index in [1.54, 1.807) is 0 Å². The largest absolute Gasteiger partial charge is 0.473 e. The molecule has 29 heavy (non-hydrogen) atoms. The number of carbonyl (C=O) groups is 1. The average Bonchev–Trinajstić information content (AvgIpc) is 2.61. The molecule has 1 atom stereocenters. The topological polar surface area (TPSA) is 50.4 Å². The monoisotopic (exact) mass is 398 g/mol. The van der Waals surface area contributed by atoms with E-state index in [0.29, 0.717) is 5.41 Å². The van der Waals surface area contributed by atoms with E-state index < -0.39 is 0 Å². The third-order valence-corrected chi connectivity index (χ3v) is 7.76. The van der Waals surface area contributed by atoms with Crippen molar-refractivity contribution in [3.63, 3.8) is 0 Å². The van der Waals surface area contributed by atoms with Gasteiger partial charge in [-0.1, -0.05) is 38.5 Å². The fourth-order valence-corrected chi connectivity index (χ4v) is 6.64. The van der Waals surface area contributed by atoms with E-state index in [-0.39, 0.29) is 24.2 Å². The molecule has 4 aliphatic carbocycles. The molecule has 0 heterocycles. The van der Waals surface area contributed by atoms with Crippen molar-refractivity contribution < 1.29 is 9.53 Å². The molecule has 160 valence electrons.